The van der Waals surface area contributed by atoms with Crippen molar-refractivity contribution in [1.82, 2.24) is 0 Å². The van der Waals surface area contributed by atoms with Crippen molar-refractivity contribution in [2.45, 2.75) is 89.3 Å². The number of benzene rings is 4. The minimum atomic E-state index is -0.906. The van der Waals surface area contributed by atoms with Crippen LogP contribution >= 0.6 is 0 Å². The second kappa shape index (κ2) is 16.4. The van der Waals surface area contributed by atoms with Gasteiger partial charge in [0, 0.05) is 12.1 Å². The topological polar surface area (TPSA) is 89.5 Å². The molecule has 11 heteroatoms. The van der Waals surface area contributed by atoms with Gasteiger partial charge in [0.2, 0.25) is 0 Å². The number of hydrogen-bond acceptors (Lipinski definition) is 8. The van der Waals surface area contributed by atoms with E-state index in [9.17, 15) is 9.59 Å². The average Bonchev–Trinajstić information content (AvgIpc) is 3.23. The quantitative estimate of drug-likeness (QED) is 0.0931. The van der Waals surface area contributed by atoms with Crippen molar-refractivity contribution in [3.05, 3.63) is 104 Å². The van der Waals surface area contributed by atoms with Gasteiger partial charge in [-0.15, -0.1) is 0 Å². The third-order valence-corrected chi connectivity index (χ3v) is 17.6. The van der Waals surface area contributed by atoms with E-state index < -0.39 is 44.0 Å². The molecule has 0 amide bonds. The van der Waals surface area contributed by atoms with Crippen molar-refractivity contribution in [2.24, 2.45) is 47.3 Å². The third kappa shape index (κ3) is 8.44. The molecule has 0 saturated heterocycles. The van der Waals surface area contributed by atoms with Crippen LogP contribution in [0, 0.1) is 66.1 Å². The van der Waals surface area contributed by atoms with Gasteiger partial charge in [0.05, 0.1) is 0 Å². The Morgan fingerprint density at radius 1 is 0.508 bits per heavy atom. The van der Waals surface area contributed by atoms with E-state index in [2.05, 4.69) is 13.8 Å². The lowest BCUT2D eigenvalue weighted by Crippen LogP contribution is -3.61. The fraction of sp³-hybridized carbons (Fsp3) is 0.480. The number of rotatable bonds is 14. The Morgan fingerprint density at radius 2 is 0.836 bits per heavy atom. The zero-order valence-corrected chi connectivity index (χ0v) is 36.7. The number of carbonyl (C=O) groups excluding carboxylic acids is 2. The molecule has 0 unspecified atom stereocenters. The van der Waals surface area contributed by atoms with Crippen LogP contribution in [0.1, 0.15) is 78.1 Å². The number of ether oxygens (including phenoxy) is 6. The Bertz CT molecular complexity index is 2060. The lowest BCUT2D eigenvalue weighted by Gasteiger charge is -2.59. The first-order chi connectivity index (χ1) is 29.4. The van der Waals surface area contributed by atoms with Crippen LogP contribution in [0.3, 0.4) is 0 Å². The van der Waals surface area contributed by atoms with E-state index in [4.69, 9.17) is 28.4 Å². The molecule has 8 saturated carbocycles. The molecule has 0 spiro atoms. The molecule has 0 atom stereocenters. The standard InChI is InChI=1S/C50H52F2IO8/c1-49(33-17-29-15-30(19-33)20-34(49)18-29)60-47(54)27-56-39-5-9-41(10-6-39)58-45-13-3-37(25-43(45)51)53-38-4-14-46(44(52)26-38)59-42-11-7-40(8-12-42)57-28-48(55)61-50(2)35-21-31-16-32(23-35)24-36(50)22-31/h3-14,25-26,29-36H,15-24,27-28H2,1-2H3/q+1. The highest BCUT2D eigenvalue weighted by Gasteiger charge is 2.58. The van der Waals surface area contributed by atoms with Crippen LogP contribution in [0.4, 0.5) is 8.78 Å². The molecule has 0 aliphatic heterocycles. The van der Waals surface area contributed by atoms with Crippen LogP contribution in [0.25, 0.3) is 0 Å². The fourth-order valence-electron chi connectivity index (χ4n) is 12.2. The summed E-state index contributed by atoms with van der Waals surface area (Å²) in [4.78, 5) is 25.7. The van der Waals surface area contributed by atoms with Gasteiger partial charge in [-0.3, -0.25) is 0 Å². The summed E-state index contributed by atoms with van der Waals surface area (Å²) in [5.41, 5.74) is -0.800. The van der Waals surface area contributed by atoms with Crippen LogP contribution in [-0.2, 0) is 19.1 Å². The van der Waals surface area contributed by atoms with Gasteiger partial charge >= 0.3 is 33.1 Å². The largest absolute Gasteiger partial charge is 0.482 e. The van der Waals surface area contributed by atoms with Crippen molar-refractivity contribution in [2.75, 3.05) is 13.2 Å². The van der Waals surface area contributed by atoms with E-state index in [1.54, 1.807) is 72.8 Å². The zero-order valence-electron chi connectivity index (χ0n) is 34.6. The second-order valence-corrected chi connectivity index (χ2v) is 21.9. The SMILES string of the molecule is CC1(OC(=O)COc2ccc(Oc3ccc([I+]c4ccc(Oc5ccc(OCC(=O)OC6(C)C7CC8CC(C7)CC6C8)cc5)c(F)c4)cc3F)cc2)C2CC3CC(C2)CC1C3. The molecule has 0 radical (unpaired) electrons. The van der Waals surface area contributed by atoms with Crippen molar-refractivity contribution in [1.29, 1.82) is 0 Å². The molecule has 0 aromatic heterocycles. The highest BCUT2D eigenvalue weighted by Crippen LogP contribution is 2.60. The second-order valence-electron chi connectivity index (χ2n) is 18.9. The number of esters is 2. The summed E-state index contributed by atoms with van der Waals surface area (Å²) < 4.78 is 67.3. The van der Waals surface area contributed by atoms with Crippen LogP contribution in [0.5, 0.6) is 34.5 Å². The molecule has 8 aliphatic rings. The minimum absolute atomic E-state index is 0.0622. The van der Waals surface area contributed by atoms with Gasteiger partial charge in [0.1, 0.15) is 34.2 Å². The molecule has 320 valence electrons. The van der Waals surface area contributed by atoms with E-state index in [0.717, 1.165) is 82.2 Å². The lowest BCUT2D eigenvalue weighted by molar-refractivity contribution is -0.597. The van der Waals surface area contributed by atoms with Gasteiger partial charge in [0.15, 0.2) is 43.5 Å². The van der Waals surface area contributed by atoms with E-state index >= 15 is 8.78 Å². The molecular formula is C50H52F2IO8+. The van der Waals surface area contributed by atoms with Crippen molar-refractivity contribution < 1.29 is 68.0 Å². The van der Waals surface area contributed by atoms with E-state index in [-0.39, 0.29) is 36.7 Å². The highest BCUT2D eigenvalue weighted by atomic mass is 127. The smallest absolute Gasteiger partial charge is 0.358 e. The Hall–Kier alpha value is -4.39. The third-order valence-electron chi connectivity index (χ3n) is 15.0. The maximum absolute atomic E-state index is 15.2. The molecule has 8 fully saturated rings. The van der Waals surface area contributed by atoms with Gasteiger partial charge in [-0.2, -0.15) is 0 Å². The Balaban J connectivity index is 0.672. The molecule has 8 bridgehead atoms. The summed E-state index contributed by atoms with van der Waals surface area (Å²) >= 11 is -0.906. The van der Waals surface area contributed by atoms with E-state index in [1.165, 1.54) is 25.0 Å². The van der Waals surface area contributed by atoms with E-state index in [1.807, 2.05) is 0 Å². The summed E-state index contributed by atoms with van der Waals surface area (Å²) in [6, 6.07) is 22.9. The summed E-state index contributed by atoms with van der Waals surface area (Å²) in [6.07, 6.45) is 12.0. The van der Waals surface area contributed by atoms with Gasteiger partial charge in [-0.05, 0) is 198 Å². The molecule has 4 aromatic carbocycles. The predicted molar refractivity (Wildman–Crippen MR) is 217 cm³/mol. The molecule has 8 nitrogen and oxygen atoms in total. The Labute approximate surface area is 366 Å². The van der Waals surface area contributed by atoms with Crippen molar-refractivity contribution >= 4 is 11.9 Å². The molecule has 12 rings (SSSR count). The van der Waals surface area contributed by atoms with Gasteiger partial charge in [0.25, 0.3) is 0 Å². The summed E-state index contributed by atoms with van der Waals surface area (Å²) in [5.74, 6) is 5.13. The average molecular weight is 946 g/mol. The lowest BCUT2D eigenvalue weighted by atomic mass is 9.50. The van der Waals surface area contributed by atoms with Gasteiger partial charge in [-0.25, -0.2) is 18.4 Å². The molecular weight excluding hydrogens is 893 g/mol. The summed E-state index contributed by atoms with van der Waals surface area (Å²) in [5, 5.41) is 0. The molecule has 61 heavy (non-hydrogen) atoms. The maximum Gasteiger partial charge on any atom is 0.358 e. The van der Waals surface area contributed by atoms with Crippen LogP contribution in [0.2, 0.25) is 0 Å². The molecule has 0 N–H and O–H groups in total. The first kappa shape index (κ1) is 40.7. The Morgan fingerprint density at radius 3 is 1.16 bits per heavy atom. The van der Waals surface area contributed by atoms with Crippen molar-refractivity contribution in [3.63, 3.8) is 0 Å². The molecule has 0 heterocycles. The van der Waals surface area contributed by atoms with E-state index in [0.29, 0.717) is 46.7 Å². The maximum atomic E-state index is 15.2. The van der Waals surface area contributed by atoms with Gasteiger partial charge in [-0.1, -0.05) is 0 Å². The first-order valence-electron chi connectivity index (χ1n) is 21.9. The van der Waals surface area contributed by atoms with Gasteiger partial charge < -0.3 is 28.4 Å². The number of hydrogen-bond donors (Lipinski definition) is 0. The monoisotopic (exact) mass is 945 g/mol. The number of halogens is 3. The van der Waals surface area contributed by atoms with Crippen LogP contribution in [-0.4, -0.2) is 36.4 Å². The Kier molecular flexibility index (Phi) is 10.9. The minimum Gasteiger partial charge on any atom is -0.482 e. The fourth-order valence-corrected chi connectivity index (χ4v) is 14.5. The number of carbonyl (C=O) groups is 2. The normalized spacial score (nSPS) is 31.4. The molecule has 8 aliphatic carbocycles. The van der Waals surface area contributed by atoms with Crippen molar-refractivity contribution in [3.8, 4) is 34.5 Å². The first-order valence-corrected chi connectivity index (χ1v) is 24.1. The highest BCUT2D eigenvalue weighted by molar-refractivity contribution is 5.72. The van der Waals surface area contributed by atoms with Crippen LogP contribution in [0.15, 0.2) is 84.9 Å². The zero-order chi connectivity index (χ0) is 41.9. The van der Waals surface area contributed by atoms with Crippen LogP contribution < -0.4 is 40.2 Å². The summed E-state index contributed by atoms with van der Waals surface area (Å²) in [7, 11) is 0. The summed E-state index contributed by atoms with van der Waals surface area (Å²) in [6.45, 7) is 3.89. The molecule has 4 aromatic rings. The predicted octanol–water partition coefficient (Wildman–Crippen LogP) is 7.95.